The van der Waals surface area contributed by atoms with E-state index in [-0.39, 0.29) is 17.6 Å². The second kappa shape index (κ2) is 5.94. The number of nitrogens with zero attached hydrogens (tertiary/aromatic N) is 1. The minimum Gasteiger partial charge on any atom is -0.481 e. The van der Waals surface area contributed by atoms with Crippen LogP contribution >= 0.6 is 11.8 Å². The van der Waals surface area contributed by atoms with Crippen LogP contribution < -0.4 is 0 Å². The molecule has 1 aliphatic rings. The molecule has 90 valence electrons. The molecule has 0 aromatic rings. The Morgan fingerprint density at radius 1 is 1.50 bits per heavy atom. The van der Waals surface area contributed by atoms with Gasteiger partial charge in [0.25, 0.3) is 0 Å². The molecule has 1 amide bonds. The summed E-state index contributed by atoms with van der Waals surface area (Å²) >= 11 is 1.49. The highest BCUT2D eigenvalue weighted by Gasteiger charge is 2.31. The van der Waals surface area contributed by atoms with Crippen LogP contribution in [0.1, 0.15) is 32.6 Å². The van der Waals surface area contributed by atoms with E-state index in [4.69, 9.17) is 5.11 Å². The van der Waals surface area contributed by atoms with E-state index in [2.05, 4.69) is 6.58 Å². The van der Waals surface area contributed by atoms with Crippen LogP contribution in [0.3, 0.4) is 0 Å². The number of thioether (sulfide) groups is 1. The lowest BCUT2D eigenvalue weighted by Crippen LogP contribution is -2.28. The highest BCUT2D eigenvalue weighted by molar-refractivity contribution is 8.04. The molecular formula is C11H17NO3S. The van der Waals surface area contributed by atoms with Gasteiger partial charge in [-0.2, -0.15) is 0 Å². The van der Waals surface area contributed by atoms with Crippen molar-refractivity contribution in [1.82, 2.24) is 4.90 Å². The van der Waals surface area contributed by atoms with E-state index in [0.717, 1.165) is 17.9 Å². The van der Waals surface area contributed by atoms with E-state index < -0.39 is 5.97 Å². The Bertz CT molecular complexity index is 304. The molecule has 1 unspecified atom stereocenters. The molecule has 4 nitrogen and oxygen atoms in total. The zero-order valence-corrected chi connectivity index (χ0v) is 10.3. The molecule has 1 N–H and O–H groups in total. The molecule has 16 heavy (non-hydrogen) atoms. The van der Waals surface area contributed by atoms with E-state index in [1.165, 1.54) is 11.8 Å². The van der Waals surface area contributed by atoms with Crippen LogP contribution in [0.25, 0.3) is 0 Å². The highest BCUT2D eigenvalue weighted by Crippen LogP contribution is 2.33. The fourth-order valence-electron chi connectivity index (χ4n) is 1.62. The Hall–Kier alpha value is -0.970. The van der Waals surface area contributed by atoms with Crippen molar-refractivity contribution in [1.29, 1.82) is 0 Å². The van der Waals surface area contributed by atoms with Gasteiger partial charge in [0.05, 0.1) is 10.3 Å². The first-order chi connectivity index (χ1) is 7.52. The van der Waals surface area contributed by atoms with Crippen molar-refractivity contribution in [2.75, 3.05) is 6.54 Å². The summed E-state index contributed by atoms with van der Waals surface area (Å²) < 4.78 is 0. The van der Waals surface area contributed by atoms with E-state index in [0.29, 0.717) is 13.0 Å². The van der Waals surface area contributed by atoms with E-state index >= 15 is 0 Å². The molecule has 0 spiro atoms. The second-order valence-electron chi connectivity index (χ2n) is 3.85. The van der Waals surface area contributed by atoms with E-state index in [1.54, 1.807) is 4.90 Å². The average molecular weight is 243 g/mol. The summed E-state index contributed by atoms with van der Waals surface area (Å²) in [7, 11) is 0. The second-order valence-corrected chi connectivity index (χ2v) is 5.26. The Morgan fingerprint density at radius 3 is 2.69 bits per heavy atom. The number of carboxylic acid groups (broad SMARTS) is 1. The molecule has 1 saturated heterocycles. The van der Waals surface area contributed by atoms with Gasteiger partial charge in [-0.15, -0.1) is 0 Å². The molecule has 1 fully saturated rings. The normalized spacial score (nSPS) is 20.6. The van der Waals surface area contributed by atoms with Crippen molar-refractivity contribution in [2.24, 2.45) is 0 Å². The zero-order valence-electron chi connectivity index (χ0n) is 9.44. The molecule has 1 aliphatic heterocycles. The van der Waals surface area contributed by atoms with Crippen LogP contribution in [0.4, 0.5) is 0 Å². The molecule has 1 heterocycles. The average Bonchev–Trinajstić information content (AvgIpc) is 2.43. The summed E-state index contributed by atoms with van der Waals surface area (Å²) in [6.07, 6.45) is 2.56. The highest BCUT2D eigenvalue weighted by atomic mass is 32.2. The largest absolute Gasteiger partial charge is 0.481 e. The topological polar surface area (TPSA) is 57.6 Å². The summed E-state index contributed by atoms with van der Waals surface area (Å²) in [6, 6.07) is 0. The third-order valence-electron chi connectivity index (χ3n) is 2.50. The van der Waals surface area contributed by atoms with Gasteiger partial charge in [0, 0.05) is 13.0 Å². The van der Waals surface area contributed by atoms with E-state index in [1.807, 2.05) is 6.92 Å². The summed E-state index contributed by atoms with van der Waals surface area (Å²) in [5, 5.41) is 9.25. The first-order valence-electron chi connectivity index (χ1n) is 5.41. The molecular weight excluding hydrogens is 226 g/mol. The minimum absolute atomic E-state index is 0.0217. The van der Waals surface area contributed by atoms with Gasteiger partial charge in [0.15, 0.2) is 0 Å². The maximum Gasteiger partial charge on any atom is 0.303 e. The molecule has 0 aliphatic carbocycles. The lowest BCUT2D eigenvalue weighted by Gasteiger charge is -2.15. The number of carbonyl (C=O) groups excluding carboxylic acids is 1. The summed E-state index contributed by atoms with van der Waals surface area (Å²) in [5.41, 5.74) is 0. The lowest BCUT2D eigenvalue weighted by molar-refractivity contribution is -0.137. The van der Waals surface area contributed by atoms with Gasteiger partial charge in [0.1, 0.15) is 0 Å². The number of rotatable bonds is 6. The smallest absolute Gasteiger partial charge is 0.303 e. The van der Waals surface area contributed by atoms with Gasteiger partial charge >= 0.3 is 5.97 Å². The van der Waals surface area contributed by atoms with Gasteiger partial charge in [0.2, 0.25) is 5.91 Å². The maximum atomic E-state index is 11.6. The zero-order chi connectivity index (χ0) is 12.1. The standard InChI is InChI=1S/C11H17NO3S/c1-8-11(15)12(9(2)16-8)7-5-3-4-6-10(13)14/h8H,2-7H2,1H3,(H,13,14). The van der Waals surface area contributed by atoms with Crippen molar-refractivity contribution in [3.63, 3.8) is 0 Å². The number of amides is 1. The maximum absolute atomic E-state index is 11.6. The van der Waals surface area contributed by atoms with Crippen LogP contribution in [-0.4, -0.2) is 33.7 Å². The van der Waals surface area contributed by atoms with Crippen molar-refractivity contribution < 1.29 is 14.7 Å². The quantitative estimate of drug-likeness (QED) is 0.725. The van der Waals surface area contributed by atoms with Crippen molar-refractivity contribution in [3.05, 3.63) is 11.6 Å². The minimum atomic E-state index is -0.758. The van der Waals surface area contributed by atoms with Crippen molar-refractivity contribution in [3.8, 4) is 0 Å². The van der Waals surface area contributed by atoms with Crippen LogP contribution in [0.15, 0.2) is 11.6 Å². The molecule has 5 heteroatoms. The van der Waals surface area contributed by atoms with Crippen LogP contribution in [0, 0.1) is 0 Å². The van der Waals surface area contributed by atoms with Gasteiger partial charge < -0.3 is 10.0 Å². The van der Waals surface area contributed by atoms with E-state index in [9.17, 15) is 9.59 Å². The third kappa shape index (κ3) is 3.56. The SMILES string of the molecule is C=C1SC(C)C(=O)N1CCCCCC(=O)O. The van der Waals surface area contributed by atoms with Crippen molar-refractivity contribution in [2.45, 2.75) is 37.9 Å². The Labute approximate surface area is 99.7 Å². The monoisotopic (exact) mass is 243 g/mol. The number of hydrogen-bond acceptors (Lipinski definition) is 3. The number of unbranched alkanes of at least 4 members (excludes halogenated alkanes) is 2. The Balaban J connectivity index is 2.20. The summed E-state index contributed by atoms with van der Waals surface area (Å²) in [4.78, 5) is 23.6. The van der Waals surface area contributed by atoms with Gasteiger partial charge in [-0.25, -0.2) is 0 Å². The number of carbonyl (C=O) groups is 2. The molecule has 0 radical (unpaired) electrons. The summed E-state index contributed by atoms with van der Waals surface area (Å²) in [5.74, 6) is -0.640. The Morgan fingerprint density at radius 2 is 2.19 bits per heavy atom. The van der Waals surface area contributed by atoms with Gasteiger partial charge in [-0.05, 0) is 19.8 Å². The fraction of sp³-hybridized carbons (Fsp3) is 0.636. The lowest BCUT2D eigenvalue weighted by atomic mass is 10.2. The molecule has 0 aromatic carbocycles. The molecule has 0 bridgehead atoms. The van der Waals surface area contributed by atoms with Gasteiger partial charge in [-0.3, -0.25) is 9.59 Å². The van der Waals surface area contributed by atoms with Crippen LogP contribution in [-0.2, 0) is 9.59 Å². The van der Waals surface area contributed by atoms with Crippen LogP contribution in [0.2, 0.25) is 0 Å². The van der Waals surface area contributed by atoms with Crippen molar-refractivity contribution >= 4 is 23.6 Å². The van der Waals surface area contributed by atoms with Gasteiger partial charge in [-0.1, -0.05) is 24.8 Å². The molecule has 1 rings (SSSR count). The van der Waals surface area contributed by atoms with Crippen LogP contribution in [0.5, 0.6) is 0 Å². The number of aliphatic carboxylic acids is 1. The fourth-order valence-corrected chi connectivity index (χ4v) is 2.56. The predicted molar refractivity (Wildman–Crippen MR) is 64.0 cm³/mol. The third-order valence-corrected chi connectivity index (χ3v) is 3.55. The molecule has 1 atom stereocenters. The molecule has 0 aromatic heterocycles. The number of hydrogen-bond donors (Lipinski definition) is 1. The Kier molecular flexibility index (Phi) is 4.86. The molecule has 0 saturated carbocycles. The predicted octanol–water partition coefficient (Wildman–Crippen LogP) is 2.07. The first-order valence-corrected chi connectivity index (χ1v) is 6.29. The first kappa shape index (κ1) is 13.1. The summed E-state index contributed by atoms with van der Waals surface area (Å²) in [6.45, 7) is 6.38. The number of carboxylic acids is 1.